The first kappa shape index (κ1) is 16.0. The van der Waals surface area contributed by atoms with Crippen molar-refractivity contribution < 1.29 is 9.53 Å². The molecule has 1 aromatic carbocycles. The van der Waals surface area contributed by atoms with E-state index < -0.39 is 0 Å². The van der Waals surface area contributed by atoms with Crippen LogP contribution in [0.2, 0.25) is 0 Å². The molecule has 0 saturated heterocycles. The molecule has 0 aliphatic carbocycles. The van der Waals surface area contributed by atoms with Gasteiger partial charge in [-0.05, 0) is 12.1 Å². The maximum absolute atomic E-state index is 11.6. The van der Waals surface area contributed by atoms with Crippen molar-refractivity contribution in [3.63, 3.8) is 0 Å². The van der Waals surface area contributed by atoms with Gasteiger partial charge in [-0.1, -0.05) is 18.2 Å². The molecule has 1 heterocycles. The van der Waals surface area contributed by atoms with E-state index in [0.29, 0.717) is 6.54 Å². The highest BCUT2D eigenvalue weighted by Crippen LogP contribution is 2.17. The van der Waals surface area contributed by atoms with E-state index in [1.807, 2.05) is 41.2 Å². The van der Waals surface area contributed by atoms with Crippen LogP contribution in [0.4, 0.5) is 0 Å². The van der Waals surface area contributed by atoms with Crippen molar-refractivity contribution in [2.45, 2.75) is 13.1 Å². The molecule has 2 aromatic rings. The number of amides is 1. The zero-order valence-corrected chi connectivity index (χ0v) is 13.0. The number of nitrogens with one attached hydrogen (secondary N) is 1. The molecule has 6 heteroatoms. The van der Waals surface area contributed by atoms with E-state index in [9.17, 15) is 4.79 Å². The van der Waals surface area contributed by atoms with Crippen LogP contribution in [0.5, 0.6) is 5.75 Å². The first-order chi connectivity index (χ1) is 10.7. The molecule has 0 radical (unpaired) electrons. The molecule has 1 aromatic heterocycles. The van der Waals surface area contributed by atoms with Crippen LogP contribution in [-0.2, 0) is 17.9 Å². The van der Waals surface area contributed by atoms with E-state index in [1.54, 1.807) is 20.3 Å². The summed E-state index contributed by atoms with van der Waals surface area (Å²) in [6.45, 7) is 2.37. The number of ether oxygens (including phenoxy) is 1. The van der Waals surface area contributed by atoms with E-state index in [0.717, 1.165) is 24.4 Å². The summed E-state index contributed by atoms with van der Waals surface area (Å²) >= 11 is 0. The molecule has 0 aliphatic rings. The molecule has 2 rings (SSSR count). The first-order valence-corrected chi connectivity index (χ1v) is 7.26. The average molecular weight is 302 g/mol. The number of carbonyl (C=O) groups excluding carboxylic acids is 1. The Hall–Kier alpha value is -2.34. The SMILES string of the molecule is CN(C)C(=O)COc1ccccc1CNCCn1cccn1. The summed E-state index contributed by atoms with van der Waals surface area (Å²) < 4.78 is 7.49. The maximum Gasteiger partial charge on any atom is 0.259 e. The number of carbonyl (C=O) groups is 1. The van der Waals surface area contributed by atoms with E-state index >= 15 is 0 Å². The summed E-state index contributed by atoms with van der Waals surface area (Å²) in [6, 6.07) is 9.66. The quantitative estimate of drug-likeness (QED) is 0.743. The topological polar surface area (TPSA) is 59.4 Å². The van der Waals surface area contributed by atoms with Crippen LogP contribution in [0.15, 0.2) is 42.7 Å². The van der Waals surface area contributed by atoms with Crippen LogP contribution in [0.3, 0.4) is 0 Å². The molecule has 0 spiro atoms. The van der Waals surface area contributed by atoms with Gasteiger partial charge in [-0.3, -0.25) is 9.48 Å². The van der Waals surface area contributed by atoms with Gasteiger partial charge in [0.2, 0.25) is 0 Å². The van der Waals surface area contributed by atoms with Gasteiger partial charge in [0, 0.05) is 45.1 Å². The van der Waals surface area contributed by atoms with Crippen molar-refractivity contribution in [3.05, 3.63) is 48.3 Å². The summed E-state index contributed by atoms with van der Waals surface area (Å²) in [5.74, 6) is 0.686. The third-order valence-electron chi connectivity index (χ3n) is 3.21. The number of aromatic nitrogens is 2. The lowest BCUT2D eigenvalue weighted by molar-refractivity contribution is -0.130. The van der Waals surface area contributed by atoms with Gasteiger partial charge in [0.05, 0.1) is 6.54 Å². The minimum absolute atomic E-state index is 0.0529. The zero-order valence-electron chi connectivity index (χ0n) is 13.0. The number of benzene rings is 1. The highest BCUT2D eigenvalue weighted by molar-refractivity contribution is 5.77. The maximum atomic E-state index is 11.6. The smallest absolute Gasteiger partial charge is 0.259 e. The number of likely N-dealkylation sites (N-methyl/N-ethyl adjacent to an activating group) is 1. The summed E-state index contributed by atoms with van der Waals surface area (Å²) in [4.78, 5) is 13.1. The monoisotopic (exact) mass is 302 g/mol. The summed E-state index contributed by atoms with van der Waals surface area (Å²) in [7, 11) is 3.43. The van der Waals surface area contributed by atoms with Gasteiger partial charge in [0.25, 0.3) is 5.91 Å². The zero-order chi connectivity index (χ0) is 15.8. The number of rotatable bonds is 8. The highest BCUT2D eigenvalue weighted by Gasteiger charge is 2.07. The minimum atomic E-state index is -0.0542. The van der Waals surface area contributed by atoms with Gasteiger partial charge in [-0.15, -0.1) is 0 Å². The largest absolute Gasteiger partial charge is 0.483 e. The third-order valence-corrected chi connectivity index (χ3v) is 3.21. The summed E-state index contributed by atoms with van der Waals surface area (Å²) in [5, 5.41) is 7.51. The molecule has 1 N–H and O–H groups in total. The van der Waals surface area contributed by atoms with Gasteiger partial charge in [0.1, 0.15) is 5.75 Å². The number of para-hydroxylation sites is 1. The Labute approximate surface area is 130 Å². The van der Waals surface area contributed by atoms with Crippen LogP contribution in [-0.4, -0.2) is 47.8 Å². The first-order valence-electron chi connectivity index (χ1n) is 7.26. The third kappa shape index (κ3) is 4.89. The second-order valence-corrected chi connectivity index (χ2v) is 5.13. The second-order valence-electron chi connectivity index (χ2n) is 5.13. The van der Waals surface area contributed by atoms with Crippen molar-refractivity contribution in [1.29, 1.82) is 0 Å². The Kier molecular flexibility index (Phi) is 5.97. The van der Waals surface area contributed by atoms with E-state index in [-0.39, 0.29) is 12.5 Å². The molecule has 6 nitrogen and oxygen atoms in total. The lowest BCUT2D eigenvalue weighted by Gasteiger charge is -2.14. The molecule has 0 unspecified atom stereocenters. The molecule has 22 heavy (non-hydrogen) atoms. The van der Waals surface area contributed by atoms with Crippen LogP contribution in [0.25, 0.3) is 0 Å². The fourth-order valence-corrected chi connectivity index (χ4v) is 1.91. The van der Waals surface area contributed by atoms with Gasteiger partial charge in [-0.2, -0.15) is 5.10 Å². The Balaban J connectivity index is 1.81. The average Bonchev–Trinajstić information content (AvgIpc) is 3.03. The standard InChI is InChI=1S/C16H22N4O2/c1-19(2)16(21)13-22-15-7-4-3-6-14(15)12-17-9-11-20-10-5-8-18-20/h3-8,10,17H,9,11-13H2,1-2H3. The van der Waals surface area contributed by atoms with Gasteiger partial charge in [0.15, 0.2) is 6.61 Å². The lowest BCUT2D eigenvalue weighted by atomic mass is 10.2. The number of nitrogens with zero attached hydrogens (tertiary/aromatic N) is 3. The number of hydrogen-bond acceptors (Lipinski definition) is 4. The van der Waals surface area contributed by atoms with E-state index in [4.69, 9.17) is 4.74 Å². The van der Waals surface area contributed by atoms with Gasteiger partial charge < -0.3 is 15.0 Å². The molecule has 0 bridgehead atoms. The molecule has 0 atom stereocenters. The van der Waals surface area contributed by atoms with Crippen molar-refractivity contribution in [3.8, 4) is 5.75 Å². The molecule has 1 amide bonds. The predicted octanol–water partition coefficient (Wildman–Crippen LogP) is 1.14. The Bertz CT molecular complexity index is 582. The fourth-order valence-electron chi connectivity index (χ4n) is 1.91. The Morgan fingerprint density at radius 2 is 2.14 bits per heavy atom. The van der Waals surface area contributed by atoms with Crippen molar-refractivity contribution in [1.82, 2.24) is 20.0 Å². The van der Waals surface area contributed by atoms with E-state index in [1.165, 1.54) is 4.90 Å². The lowest BCUT2D eigenvalue weighted by Crippen LogP contribution is -2.28. The minimum Gasteiger partial charge on any atom is -0.483 e. The van der Waals surface area contributed by atoms with Gasteiger partial charge in [-0.25, -0.2) is 0 Å². The van der Waals surface area contributed by atoms with Crippen LogP contribution < -0.4 is 10.1 Å². The Morgan fingerprint density at radius 3 is 2.86 bits per heavy atom. The summed E-state index contributed by atoms with van der Waals surface area (Å²) in [6.07, 6.45) is 3.70. The second kappa shape index (κ2) is 8.19. The fraction of sp³-hybridized carbons (Fsp3) is 0.375. The Morgan fingerprint density at radius 1 is 1.32 bits per heavy atom. The van der Waals surface area contributed by atoms with E-state index in [2.05, 4.69) is 10.4 Å². The predicted molar refractivity (Wildman–Crippen MR) is 84.6 cm³/mol. The van der Waals surface area contributed by atoms with Crippen LogP contribution in [0.1, 0.15) is 5.56 Å². The van der Waals surface area contributed by atoms with Gasteiger partial charge >= 0.3 is 0 Å². The van der Waals surface area contributed by atoms with Crippen molar-refractivity contribution in [2.24, 2.45) is 0 Å². The molecule has 0 fully saturated rings. The highest BCUT2D eigenvalue weighted by atomic mass is 16.5. The molecule has 0 saturated carbocycles. The normalized spacial score (nSPS) is 10.5. The van der Waals surface area contributed by atoms with Crippen LogP contribution in [0, 0.1) is 0 Å². The van der Waals surface area contributed by atoms with Crippen molar-refractivity contribution in [2.75, 3.05) is 27.2 Å². The van der Waals surface area contributed by atoms with Crippen LogP contribution >= 0.6 is 0 Å². The summed E-state index contributed by atoms with van der Waals surface area (Å²) in [5.41, 5.74) is 1.04. The molecular weight excluding hydrogens is 280 g/mol. The number of hydrogen-bond donors (Lipinski definition) is 1. The molecular formula is C16H22N4O2. The molecule has 118 valence electrons. The van der Waals surface area contributed by atoms with Crippen molar-refractivity contribution >= 4 is 5.91 Å². The molecule has 0 aliphatic heterocycles.